The number of carbonyl (C=O) groups excluding carboxylic acids is 1. The number of rotatable bonds is 5. The van der Waals surface area contributed by atoms with Crippen LogP contribution in [-0.2, 0) is 18.0 Å². The van der Waals surface area contributed by atoms with Crippen LogP contribution < -0.4 is 0 Å². The number of aromatic nitrogens is 1. The van der Waals surface area contributed by atoms with E-state index in [0.717, 1.165) is 38.1 Å². The lowest BCUT2D eigenvalue weighted by atomic mass is 9.99. The highest BCUT2D eigenvalue weighted by atomic mass is 16.5. The van der Waals surface area contributed by atoms with E-state index in [0.29, 0.717) is 5.56 Å². The Morgan fingerprint density at radius 1 is 1.00 bits per heavy atom. The molecule has 29 heavy (non-hydrogen) atoms. The predicted octanol–water partition coefficient (Wildman–Crippen LogP) is 4.35. The van der Waals surface area contributed by atoms with Gasteiger partial charge in [0.05, 0.1) is 19.3 Å². The second-order valence-corrected chi connectivity index (χ2v) is 9.25. The van der Waals surface area contributed by atoms with Crippen molar-refractivity contribution in [2.75, 3.05) is 33.3 Å². The van der Waals surface area contributed by atoms with E-state index in [1.54, 1.807) is 0 Å². The van der Waals surface area contributed by atoms with Crippen LogP contribution >= 0.6 is 0 Å². The van der Waals surface area contributed by atoms with Crippen LogP contribution in [-0.4, -0.2) is 53.6 Å². The van der Waals surface area contributed by atoms with Gasteiger partial charge < -0.3 is 9.30 Å². The normalized spacial score (nSPS) is 20.4. The van der Waals surface area contributed by atoms with Crippen molar-refractivity contribution in [1.82, 2.24) is 14.4 Å². The number of hydrogen-bond donors (Lipinski definition) is 0. The molecule has 0 atom stereocenters. The molecule has 0 radical (unpaired) electrons. The molecule has 0 bridgehead atoms. The average molecular weight is 398 g/mol. The second-order valence-electron chi connectivity index (χ2n) is 9.25. The Morgan fingerprint density at radius 3 is 2.24 bits per heavy atom. The Hall–Kier alpha value is -1.85. The molecule has 5 nitrogen and oxygen atoms in total. The molecule has 0 saturated carbocycles. The summed E-state index contributed by atoms with van der Waals surface area (Å²) in [7, 11) is 1.45. The van der Waals surface area contributed by atoms with Gasteiger partial charge in [-0.05, 0) is 74.4 Å². The largest absolute Gasteiger partial charge is 0.465 e. The highest BCUT2D eigenvalue weighted by molar-refractivity contribution is 5.95. The van der Waals surface area contributed by atoms with Gasteiger partial charge in [-0.3, -0.25) is 9.80 Å². The Morgan fingerprint density at radius 2 is 1.62 bits per heavy atom. The topological polar surface area (TPSA) is 37.7 Å². The van der Waals surface area contributed by atoms with Crippen molar-refractivity contribution in [2.24, 2.45) is 11.8 Å². The number of ether oxygens (including phenoxy) is 1. The van der Waals surface area contributed by atoms with Gasteiger partial charge in [-0.15, -0.1) is 0 Å². The Balaban J connectivity index is 1.61. The first kappa shape index (κ1) is 20.4. The fourth-order valence-corrected chi connectivity index (χ4v) is 4.74. The Labute approximate surface area is 174 Å². The molecule has 2 aliphatic heterocycles. The van der Waals surface area contributed by atoms with E-state index in [2.05, 4.69) is 40.5 Å². The van der Waals surface area contributed by atoms with Gasteiger partial charge >= 0.3 is 5.97 Å². The SMILES string of the molecule is COC(=O)c1ccc2c(c1)c(CN1CCC(C)CC1)cn2CN1CCC(C)CC1. The molecule has 0 unspecified atom stereocenters. The minimum atomic E-state index is -0.262. The number of hydrogen-bond acceptors (Lipinski definition) is 4. The van der Waals surface area contributed by atoms with E-state index in [-0.39, 0.29) is 5.97 Å². The minimum absolute atomic E-state index is 0.262. The third-order valence-corrected chi connectivity index (χ3v) is 6.88. The van der Waals surface area contributed by atoms with Crippen molar-refractivity contribution in [3.63, 3.8) is 0 Å². The van der Waals surface area contributed by atoms with E-state index in [1.807, 2.05) is 12.1 Å². The molecule has 158 valence electrons. The molecule has 2 fully saturated rings. The lowest BCUT2D eigenvalue weighted by Crippen LogP contribution is -2.34. The fourth-order valence-electron chi connectivity index (χ4n) is 4.74. The standard InChI is InChI=1S/C24H35N3O2/c1-18-6-10-25(11-7-18)15-21-16-27(17-26-12-8-19(2)9-13-26)23-5-4-20(14-22(21)23)24(28)29-3/h4-5,14,16,18-19H,6-13,15,17H2,1-3H3. The van der Waals surface area contributed by atoms with Crippen LogP contribution in [0.4, 0.5) is 0 Å². The number of nitrogens with zero attached hydrogens (tertiary/aromatic N) is 3. The zero-order valence-electron chi connectivity index (χ0n) is 18.2. The average Bonchev–Trinajstić information content (AvgIpc) is 3.07. The summed E-state index contributed by atoms with van der Waals surface area (Å²) in [5.41, 5.74) is 3.18. The van der Waals surface area contributed by atoms with Gasteiger partial charge in [0.15, 0.2) is 0 Å². The summed E-state index contributed by atoms with van der Waals surface area (Å²) in [6, 6.07) is 6.02. The molecule has 3 heterocycles. The summed E-state index contributed by atoms with van der Waals surface area (Å²) in [6.45, 7) is 11.2. The van der Waals surface area contributed by atoms with Crippen LogP contribution in [0.3, 0.4) is 0 Å². The minimum Gasteiger partial charge on any atom is -0.465 e. The lowest BCUT2D eigenvalue weighted by Gasteiger charge is -2.30. The van der Waals surface area contributed by atoms with Crippen molar-refractivity contribution in [3.05, 3.63) is 35.5 Å². The summed E-state index contributed by atoms with van der Waals surface area (Å²) < 4.78 is 7.34. The van der Waals surface area contributed by atoms with Crippen LogP contribution in [0.1, 0.15) is 55.5 Å². The first-order valence-electron chi connectivity index (χ1n) is 11.2. The molecule has 1 aromatic carbocycles. The first-order valence-corrected chi connectivity index (χ1v) is 11.2. The number of piperidine rings is 2. The summed E-state index contributed by atoms with van der Waals surface area (Å²) >= 11 is 0. The maximum atomic E-state index is 12.1. The van der Waals surface area contributed by atoms with Gasteiger partial charge in [-0.2, -0.15) is 0 Å². The molecule has 0 amide bonds. The molecule has 2 saturated heterocycles. The maximum Gasteiger partial charge on any atom is 0.337 e. The van der Waals surface area contributed by atoms with E-state index >= 15 is 0 Å². The van der Waals surface area contributed by atoms with Gasteiger partial charge in [0.25, 0.3) is 0 Å². The van der Waals surface area contributed by atoms with Crippen molar-refractivity contribution in [1.29, 1.82) is 0 Å². The smallest absolute Gasteiger partial charge is 0.337 e. The number of methoxy groups -OCH3 is 1. The molecule has 0 spiro atoms. The Bertz CT molecular complexity index is 843. The molecule has 4 rings (SSSR count). The molecular formula is C24H35N3O2. The summed E-state index contributed by atoms with van der Waals surface area (Å²) in [4.78, 5) is 17.2. The maximum absolute atomic E-state index is 12.1. The van der Waals surface area contributed by atoms with E-state index in [1.165, 1.54) is 62.3 Å². The monoisotopic (exact) mass is 397 g/mol. The lowest BCUT2D eigenvalue weighted by molar-refractivity contribution is 0.0601. The van der Waals surface area contributed by atoms with Crippen LogP contribution in [0.25, 0.3) is 10.9 Å². The molecule has 0 aliphatic carbocycles. The highest BCUT2D eigenvalue weighted by Gasteiger charge is 2.21. The van der Waals surface area contributed by atoms with Crippen LogP contribution in [0.2, 0.25) is 0 Å². The van der Waals surface area contributed by atoms with Gasteiger partial charge in [0.2, 0.25) is 0 Å². The van der Waals surface area contributed by atoms with E-state index < -0.39 is 0 Å². The number of esters is 1. The van der Waals surface area contributed by atoms with E-state index in [4.69, 9.17) is 4.74 Å². The first-order chi connectivity index (χ1) is 14.0. The zero-order chi connectivity index (χ0) is 20.4. The zero-order valence-corrected chi connectivity index (χ0v) is 18.2. The van der Waals surface area contributed by atoms with Gasteiger partial charge in [0.1, 0.15) is 0 Å². The number of likely N-dealkylation sites (tertiary alicyclic amines) is 2. The van der Waals surface area contributed by atoms with Crippen molar-refractivity contribution in [2.45, 2.75) is 52.7 Å². The van der Waals surface area contributed by atoms with Gasteiger partial charge in [-0.25, -0.2) is 4.79 Å². The number of carbonyl (C=O) groups is 1. The van der Waals surface area contributed by atoms with Crippen molar-refractivity contribution >= 4 is 16.9 Å². The van der Waals surface area contributed by atoms with Crippen molar-refractivity contribution in [3.8, 4) is 0 Å². The van der Waals surface area contributed by atoms with Crippen LogP contribution in [0.5, 0.6) is 0 Å². The fraction of sp³-hybridized carbons (Fsp3) is 0.625. The number of fused-ring (bicyclic) bond motifs is 1. The summed E-state index contributed by atoms with van der Waals surface area (Å²) in [5, 5.41) is 1.19. The highest BCUT2D eigenvalue weighted by Crippen LogP contribution is 2.27. The quantitative estimate of drug-likeness (QED) is 0.703. The summed E-state index contributed by atoms with van der Waals surface area (Å²) in [5.74, 6) is 1.41. The molecule has 2 aromatic rings. The molecule has 5 heteroatoms. The van der Waals surface area contributed by atoms with Crippen LogP contribution in [0, 0.1) is 11.8 Å². The van der Waals surface area contributed by atoms with Crippen molar-refractivity contribution < 1.29 is 9.53 Å². The summed E-state index contributed by atoms with van der Waals surface area (Å²) in [6.07, 6.45) is 7.44. The molecule has 1 aromatic heterocycles. The predicted molar refractivity (Wildman–Crippen MR) is 117 cm³/mol. The Kier molecular flexibility index (Phi) is 6.26. The molecular weight excluding hydrogens is 362 g/mol. The third kappa shape index (κ3) is 4.67. The number of benzene rings is 1. The second kappa shape index (κ2) is 8.88. The van der Waals surface area contributed by atoms with Gasteiger partial charge in [-0.1, -0.05) is 13.8 Å². The van der Waals surface area contributed by atoms with Gasteiger partial charge in [0, 0.05) is 36.7 Å². The molecule has 2 aliphatic rings. The molecule has 0 N–H and O–H groups in total. The van der Waals surface area contributed by atoms with E-state index in [9.17, 15) is 4.79 Å². The third-order valence-electron chi connectivity index (χ3n) is 6.88. The van der Waals surface area contributed by atoms with Crippen LogP contribution in [0.15, 0.2) is 24.4 Å².